The number of H-pyrrole nitrogens is 1. The highest BCUT2D eigenvalue weighted by Crippen LogP contribution is 2.20. The molecular weight excluding hydrogens is 218 g/mol. The van der Waals surface area contributed by atoms with E-state index in [-0.39, 0.29) is 11.8 Å². The van der Waals surface area contributed by atoms with Crippen molar-refractivity contribution in [1.29, 1.82) is 0 Å². The molecule has 0 fully saturated rings. The molecule has 0 saturated carbocycles. The number of aromatic nitrogens is 4. The first-order chi connectivity index (χ1) is 8.33. The van der Waals surface area contributed by atoms with Crippen molar-refractivity contribution in [2.75, 3.05) is 5.32 Å². The zero-order valence-corrected chi connectivity index (χ0v) is 9.26. The summed E-state index contributed by atoms with van der Waals surface area (Å²) in [6.45, 7) is 0.853. The van der Waals surface area contributed by atoms with E-state index in [2.05, 4.69) is 24.8 Å². The maximum absolute atomic E-state index is 12.0. The van der Waals surface area contributed by atoms with Gasteiger partial charge in [-0.1, -0.05) is 0 Å². The van der Waals surface area contributed by atoms with Crippen LogP contribution in [0.1, 0.15) is 12.1 Å². The van der Waals surface area contributed by atoms with Gasteiger partial charge in [-0.25, -0.2) is 9.97 Å². The molecule has 1 aliphatic rings. The van der Waals surface area contributed by atoms with Crippen molar-refractivity contribution >= 4 is 11.9 Å². The third kappa shape index (κ3) is 1.93. The minimum atomic E-state index is 0.00398. The molecule has 0 aliphatic carbocycles. The predicted octanol–water partition coefficient (Wildman–Crippen LogP) is 0.807. The Morgan fingerprint density at radius 1 is 1.59 bits per heavy atom. The number of amides is 1. The lowest BCUT2D eigenvalue weighted by Gasteiger charge is -2.22. The summed E-state index contributed by atoms with van der Waals surface area (Å²) in [4.78, 5) is 22.9. The molecule has 1 atom stereocenters. The first-order valence-electron chi connectivity index (χ1n) is 5.62. The largest absolute Gasteiger partial charge is 0.335 e. The fourth-order valence-corrected chi connectivity index (χ4v) is 2.15. The molecule has 0 spiro atoms. The maximum Gasteiger partial charge on any atom is 0.230 e. The lowest BCUT2D eigenvalue weighted by atomic mass is 9.95. The summed E-state index contributed by atoms with van der Waals surface area (Å²) in [5.74, 6) is 0.533. The Morgan fingerprint density at radius 2 is 2.53 bits per heavy atom. The molecule has 0 saturated heterocycles. The topological polar surface area (TPSA) is 75.6 Å². The average molecular weight is 231 g/mol. The van der Waals surface area contributed by atoms with Crippen LogP contribution in [0.2, 0.25) is 0 Å². The van der Waals surface area contributed by atoms with Gasteiger partial charge < -0.3 is 9.55 Å². The van der Waals surface area contributed by atoms with Crippen LogP contribution in [0.4, 0.5) is 5.95 Å². The zero-order valence-electron chi connectivity index (χ0n) is 9.26. The van der Waals surface area contributed by atoms with Crippen molar-refractivity contribution in [2.24, 2.45) is 5.92 Å². The SMILES string of the molecule is O=C(Nc1ncc[nH]1)C1CCn2cncc2C1. The summed E-state index contributed by atoms with van der Waals surface area (Å²) < 4.78 is 2.09. The average Bonchev–Trinajstić information content (AvgIpc) is 2.97. The van der Waals surface area contributed by atoms with Crippen LogP contribution in [0.5, 0.6) is 0 Å². The van der Waals surface area contributed by atoms with E-state index in [1.54, 1.807) is 12.4 Å². The Balaban J connectivity index is 1.68. The van der Waals surface area contributed by atoms with E-state index < -0.39 is 0 Å². The molecule has 2 N–H and O–H groups in total. The highest BCUT2D eigenvalue weighted by atomic mass is 16.2. The van der Waals surface area contributed by atoms with Crippen molar-refractivity contribution < 1.29 is 4.79 Å². The molecule has 2 aromatic heterocycles. The van der Waals surface area contributed by atoms with E-state index in [1.165, 1.54) is 0 Å². The summed E-state index contributed by atoms with van der Waals surface area (Å²) >= 11 is 0. The number of carbonyl (C=O) groups is 1. The third-order valence-electron chi connectivity index (χ3n) is 3.08. The zero-order chi connectivity index (χ0) is 11.7. The number of aromatic amines is 1. The monoisotopic (exact) mass is 231 g/mol. The van der Waals surface area contributed by atoms with Crippen LogP contribution in [-0.4, -0.2) is 25.4 Å². The minimum Gasteiger partial charge on any atom is -0.335 e. The highest BCUT2D eigenvalue weighted by Gasteiger charge is 2.25. The summed E-state index contributed by atoms with van der Waals surface area (Å²) in [5, 5.41) is 2.78. The lowest BCUT2D eigenvalue weighted by Crippen LogP contribution is -2.30. The van der Waals surface area contributed by atoms with Gasteiger partial charge in [0.25, 0.3) is 0 Å². The Morgan fingerprint density at radius 3 is 3.35 bits per heavy atom. The molecule has 88 valence electrons. The normalized spacial score (nSPS) is 18.7. The van der Waals surface area contributed by atoms with Crippen molar-refractivity contribution in [1.82, 2.24) is 19.5 Å². The van der Waals surface area contributed by atoms with E-state index in [1.807, 2.05) is 12.5 Å². The molecule has 6 nitrogen and oxygen atoms in total. The number of nitrogens with one attached hydrogen (secondary N) is 2. The molecule has 0 radical (unpaired) electrons. The number of anilines is 1. The Bertz CT molecular complexity index is 516. The maximum atomic E-state index is 12.0. The van der Waals surface area contributed by atoms with Crippen LogP contribution >= 0.6 is 0 Å². The molecule has 6 heteroatoms. The summed E-state index contributed by atoms with van der Waals surface area (Å²) in [5.41, 5.74) is 1.12. The number of imidazole rings is 2. The van der Waals surface area contributed by atoms with Gasteiger partial charge in [-0.2, -0.15) is 0 Å². The van der Waals surface area contributed by atoms with Gasteiger partial charge in [-0.15, -0.1) is 0 Å². The second kappa shape index (κ2) is 4.04. The van der Waals surface area contributed by atoms with Gasteiger partial charge in [-0.05, 0) is 6.42 Å². The molecular formula is C11H13N5O. The van der Waals surface area contributed by atoms with Gasteiger partial charge in [0, 0.05) is 43.2 Å². The predicted molar refractivity (Wildman–Crippen MR) is 61.3 cm³/mol. The molecule has 1 amide bonds. The number of carbonyl (C=O) groups excluding carboxylic acids is 1. The van der Waals surface area contributed by atoms with E-state index in [0.29, 0.717) is 5.95 Å². The van der Waals surface area contributed by atoms with Crippen molar-refractivity contribution in [3.05, 3.63) is 30.6 Å². The lowest BCUT2D eigenvalue weighted by molar-refractivity contribution is -0.120. The molecule has 1 unspecified atom stereocenters. The second-order valence-corrected chi connectivity index (χ2v) is 4.20. The van der Waals surface area contributed by atoms with Crippen molar-refractivity contribution in [3.8, 4) is 0 Å². The molecule has 1 aliphatic heterocycles. The van der Waals surface area contributed by atoms with Gasteiger partial charge >= 0.3 is 0 Å². The first-order valence-corrected chi connectivity index (χ1v) is 5.62. The van der Waals surface area contributed by atoms with Crippen molar-refractivity contribution in [2.45, 2.75) is 19.4 Å². The smallest absolute Gasteiger partial charge is 0.230 e. The van der Waals surface area contributed by atoms with E-state index in [0.717, 1.165) is 25.1 Å². The van der Waals surface area contributed by atoms with Gasteiger partial charge in [0.2, 0.25) is 11.9 Å². The Labute approximate surface area is 98.1 Å². The first kappa shape index (κ1) is 10.1. The summed E-state index contributed by atoms with van der Waals surface area (Å²) in [7, 11) is 0. The van der Waals surface area contributed by atoms with Gasteiger partial charge in [0.1, 0.15) is 0 Å². The number of rotatable bonds is 2. The summed E-state index contributed by atoms with van der Waals surface area (Å²) in [6.07, 6.45) is 8.53. The summed E-state index contributed by atoms with van der Waals surface area (Å²) in [6, 6.07) is 0. The van der Waals surface area contributed by atoms with E-state index >= 15 is 0 Å². The van der Waals surface area contributed by atoms with E-state index in [4.69, 9.17) is 0 Å². The van der Waals surface area contributed by atoms with Crippen LogP contribution in [-0.2, 0) is 17.8 Å². The molecule has 3 heterocycles. The number of nitrogens with zero attached hydrogens (tertiary/aromatic N) is 3. The number of fused-ring (bicyclic) bond motifs is 1. The molecule has 3 rings (SSSR count). The van der Waals surface area contributed by atoms with Gasteiger partial charge in [-0.3, -0.25) is 10.1 Å². The van der Waals surface area contributed by atoms with Crippen LogP contribution in [0.3, 0.4) is 0 Å². The fourth-order valence-electron chi connectivity index (χ4n) is 2.15. The number of hydrogen-bond acceptors (Lipinski definition) is 3. The minimum absolute atomic E-state index is 0.00398. The van der Waals surface area contributed by atoms with Gasteiger partial charge in [0.15, 0.2) is 0 Å². The molecule has 2 aromatic rings. The number of hydrogen-bond donors (Lipinski definition) is 2. The quantitative estimate of drug-likeness (QED) is 0.803. The van der Waals surface area contributed by atoms with Crippen molar-refractivity contribution in [3.63, 3.8) is 0 Å². The Kier molecular flexibility index (Phi) is 2.40. The van der Waals surface area contributed by atoms with Crippen LogP contribution in [0, 0.1) is 5.92 Å². The fraction of sp³-hybridized carbons (Fsp3) is 0.364. The molecule has 17 heavy (non-hydrogen) atoms. The van der Waals surface area contributed by atoms with Crippen LogP contribution < -0.4 is 5.32 Å². The number of aryl methyl sites for hydroxylation is 1. The third-order valence-corrected chi connectivity index (χ3v) is 3.08. The van der Waals surface area contributed by atoms with Crippen LogP contribution in [0.25, 0.3) is 0 Å². The Hall–Kier alpha value is -2.11. The van der Waals surface area contributed by atoms with E-state index in [9.17, 15) is 4.79 Å². The van der Waals surface area contributed by atoms with Crippen LogP contribution in [0.15, 0.2) is 24.9 Å². The molecule has 0 aromatic carbocycles. The van der Waals surface area contributed by atoms with Gasteiger partial charge in [0.05, 0.1) is 6.33 Å². The standard InChI is InChI=1S/C11H13N5O/c17-10(15-11-13-2-3-14-11)8-1-4-16-7-12-6-9(16)5-8/h2-3,6-8H,1,4-5H2,(H2,13,14,15,17). The molecule has 0 bridgehead atoms. The highest BCUT2D eigenvalue weighted by molar-refractivity contribution is 5.91. The second-order valence-electron chi connectivity index (χ2n) is 4.20.